The molecule has 0 spiro atoms. The van der Waals surface area contributed by atoms with Gasteiger partial charge < -0.3 is 14.8 Å². The maximum absolute atomic E-state index is 13.1. The van der Waals surface area contributed by atoms with Gasteiger partial charge in [-0.15, -0.1) is 0 Å². The van der Waals surface area contributed by atoms with E-state index in [1.807, 2.05) is 0 Å². The number of aromatic nitrogens is 2. The summed E-state index contributed by atoms with van der Waals surface area (Å²) in [5, 5.41) is 2.88. The molecule has 2 aliphatic rings. The molecule has 1 N–H and O–H groups in total. The number of nitrogens with one attached hydrogen (secondary N) is 1. The van der Waals surface area contributed by atoms with Crippen molar-refractivity contribution in [2.75, 3.05) is 26.2 Å². The summed E-state index contributed by atoms with van der Waals surface area (Å²) in [6.07, 6.45) is 4.51. The molecular formula is C18H29N5O4S. The number of hydrogen-bond donors (Lipinski definition) is 1. The predicted octanol–water partition coefficient (Wildman–Crippen LogP) is 0.256. The zero-order chi connectivity index (χ0) is 20.5. The van der Waals surface area contributed by atoms with Gasteiger partial charge in [0, 0.05) is 52.4 Å². The third-order valence-corrected chi connectivity index (χ3v) is 7.55. The molecule has 156 valence electrons. The van der Waals surface area contributed by atoms with Crippen molar-refractivity contribution in [1.29, 1.82) is 0 Å². The fourth-order valence-electron chi connectivity index (χ4n) is 4.16. The number of aryl methyl sites for hydroxylation is 2. The molecule has 10 heteroatoms. The summed E-state index contributed by atoms with van der Waals surface area (Å²) in [6, 6.07) is -0.0981. The fraction of sp³-hybridized carbons (Fsp3) is 0.722. The lowest BCUT2D eigenvalue weighted by Gasteiger charge is -2.31. The number of fused-ring (bicyclic) bond motifs is 1. The Morgan fingerprint density at radius 3 is 2.61 bits per heavy atom. The van der Waals surface area contributed by atoms with Crippen LogP contribution in [0.3, 0.4) is 0 Å². The minimum absolute atomic E-state index is 0.00833. The van der Waals surface area contributed by atoms with E-state index < -0.39 is 10.0 Å². The standard InChI is InChI=1S/C18H29N5O4S/c1-13-20-17(12-21(13)3)28(26,27)22-9-5-10-23(14(2)24)16-7-4-6-15(16)18(25)19-8-11-22/h12,15-16H,4-11H2,1-3H3,(H,19,25). The first-order chi connectivity index (χ1) is 13.2. The Morgan fingerprint density at radius 2 is 1.96 bits per heavy atom. The van der Waals surface area contributed by atoms with Gasteiger partial charge in [0.15, 0.2) is 5.03 Å². The van der Waals surface area contributed by atoms with Gasteiger partial charge in [-0.25, -0.2) is 13.4 Å². The molecule has 1 saturated carbocycles. The monoisotopic (exact) mass is 411 g/mol. The van der Waals surface area contributed by atoms with Crippen molar-refractivity contribution in [3.05, 3.63) is 12.0 Å². The second-order valence-corrected chi connectivity index (χ2v) is 9.49. The van der Waals surface area contributed by atoms with Crippen molar-refractivity contribution in [2.45, 2.75) is 50.6 Å². The van der Waals surface area contributed by atoms with E-state index >= 15 is 0 Å². The molecule has 2 heterocycles. The van der Waals surface area contributed by atoms with Crippen molar-refractivity contribution in [2.24, 2.45) is 13.0 Å². The zero-order valence-electron chi connectivity index (χ0n) is 16.7. The summed E-state index contributed by atoms with van der Waals surface area (Å²) in [5.74, 6) is 0.228. The summed E-state index contributed by atoms with van der Waals surface area (Å²) in [4.78, 5) is 30.7. The molecule has 1 saturated heterocycles. The maximum atomic E-state index is 13.1. The predicted molar refractivity (Wildman–Crippen MR) is 103 cm³/mol. The summed E-state index contributed by atoms with van der Waals surface area (Å²) >= 11 is 0. The molecule has 1 aliphatic carbocycles. The van der Waals surface area contributed by atoms with Gasteiger partial charge in [0.2, 0.25) is 11.8 Å². The second-order valence-electron chi connectivity index (χ2n) is 7.60. The van der Waals surface area contributed by atoms with Crippen molar-refractivity contribution in [3.63, 3.8) is 0 Å². The van der Waals surface area contributed by atoms with Gasteiger partial charge in [-0.1, -0.05) is 6.42 Å². The van der Waals surface area contributed by atoms with Crippen molar-refractivity contribution in [1.82, 2.24) is 24.1 Å². The quantitative estimate of drug-likeness (QED) is 0.752. The highest BCUT2D eigenvalue weighted by Gasteiger charge is 2.38. The zero-order valence-corrected chi connectivity index (χ0v) is 17.5. The highest BCUT2D eigenvalue weighted by molar-refractivity contribution is 7.89. The first-order valence-electron chi connectivity index (χ1n) is 9.77. The van der Waals surface area contributed by atoms with E-state index in [0.29, 0.717) is 18.8 Å². The van der Waals surface area contributed by atoms with Crippen LogP contribution in [0.1, 0.15) is 38.4 Å². The van der Waals surface area contributed by atoms with Crippen LogP contribution in [0.5, 0.6) is 0 Å². The number of carbonyl (C=O) groups excluding carboxylic acids is 2. The number of amides is 2. The Hall–Kier alpha value is -1.94. The van der Waals surface area contributed by atoms with Crippen LogP contribution in [0.25, 0.3) is 0 Å². The average Bonchev–Trinajstić information content (AvgIpc) is 3.23. The van der Waals surface area contributed by atoms with E-state index in [2.05, 4.69) is 10.3 Å². The summed E-state index contributed by atoms with van der Waals surface area (Å²) in [5.41, 5.74) is 0. The van der Waals surface area contributed by atoms with Gasteiger partial charge in [0.05, 0.1) is 5.92 Å². The molecular weight excluding hydrogens is 382 g/mol. The van der Waals surface area contributed by atoms with Crippen LogP contribution in [0, 0.1) is 12.8 Å². The van der Waals surface area contributed by atoms with Crippen molar-refractivity contribution >= 4 is 21.8 Å². The third-order valence-electron chi connectivity index (χ3n) is 5.78. The summed E-state index contributed by atoms with van der Waals surface area (Å²) in [7, 11) is -2.02. The molecule has 1 aliphatic heterocycles. The molecule has 1 aromatic rings. The SMILES string of the molecule is CC(=O)N1CCCN(S(=O)(=O)c2cn(C)c(C)n2)CCNC(=O)C2CCCC21. The fourth-order valence-corrected chi connectivity index (χ4v) is 5.67. The highest BCUT2D eigenvalue weighted by Crippen LogP contribution is 2.31. The van der Waals surface area contributed by atoms with E-state index in [9.17, 15) is 18.0 Å². The molecule has 2 amide bonds. The van der Waals surface area contributed by atoms with Crippen LogP contribution in [-0.4, -0.2) is 71.2 Å². The number of carbonyl (C=O) groups is 2. The maximum Gasteiger partial charge on any atom is 0.262 e. The Kier molecular flexibility index (Phi) is 6.09. The Labute approximate surface area is 166 Å². The van der Waals surface area contributed by atoms with E-state index in [1.165, 1.54) is 17.4 Å². The Balaban J connectivity index is 1.83. The van der Waals surface area contributed by atoms with Gasteiger partial charge >= 0.3 is 0 Å². The number of nitrogens with zero attached hydrogens (tertiary/aromatic N) is 4. The highest BCUT2D eigenvalue weighted by atomic mass is 32.2. The first-order valence-corrected chi connectivity index (χ1v) is 11.2. The molecule has 9 nitrogen and oxygen atoms in total. The lowest BCUT2D eigenvalue weighted by atomic mass is 10.0. The van der Waals surface area contributed by atoms with Gasteiger partial charge in [0.25, 0.3) is 10.0 Å². The average molecular weight is 412 g/mol. The number of hydrogen-bond acceptors (Lipinski definition) is 5. The molecule has 0 bridgehead atoms. The first kappa shape index (κ1) is 20.8. The third kappa shape index (κ3) is 4.07. The smallest absolute Gasteiger partial charge is 0.262 e. The van der Waals surface area contributed by atoms with Gasteiger partial charge in [-0.05, 0) is 26.2 Å². The molecule has 2 unspecified atom stereocenters. The van der Waals surface area contributed by atoms with Crippen LogP contribution in [0.15, 0.2) is 11.2 Å². The van der Waals surface area contributed by atoms with E-state index in [1.54, 1.807) is 23.4 Å². The van der Waals surface area contributed by atoms with Crippen LogP contribution in [-0.2, 0) is 26.7 Å². The lowest BCUT2D eigenvalue weighted by Crippen LogP contribution is -2.46. The van der Waals surface area contributed by atoms with E-state index in [0.717, 1.165) is 19.3 Å². The molecule has 28 heavy (non-hydrogen) atoms. The molecule has 0 aromatic carbocycles. The lowest BCUT2D eigenvalue weighted by molar-refractivity contribution is -0.134. The van der Waals surface area contributed by atoms with Gasteiger partial charge in [-0.2, -0.15) is 4.31 Å². The van der Waals surface area contributed by atoms with Crippen molar-refractivity contribution in [3.8, 4) is 0 Å². The van der Waals surface area contributed by atoms with E-state index in [4.69, 9.17) is 0 Å². The number of rotatable bonds is 2. The molecule has 3 rings (SSSR count). The molecule has 2 atom stereocenters. The summed E-state index contributed by atoms with van der Waals surface area (Å²) < 4.78 is 29.1. The van der Waals surface area contributed by atoms with Crippen LogP contribution in [0.4, 0.5) is 0 Å². The van der Waals surface area contributed by atoms with E-state index in [-0.39, 0.29) is 48.4 Å². The number of imidazole rings is 1. The second kappa shape index (κ2) is 8.20. The van der Waals surface area contributed by atoms with Crippen LogP contribution in [0.2, 0.25) is 0 Å². The minimum Gasteiger partial charge on any atom is -0.354 e. The van der Waals surface area contributed by atoms with Gasteiger partial charge in [0.1, 0.15) is 5.82 Å². The normalized spacial score (nSPS) is 25.1. The topological polar surface area (TPSA) is 105 Å². The number of sulfonamides is 1. The Bertz CT molecular complexity index is 831. The van der Waals surface area contributed by atoms with Crippen LogP contribution >= 0.6 is 0 Å². The van der Waals surface area contributed by atoms with Gasteiger partial charge in [-0.3, -0.25) is 9.59 Å². The molecule has 1 aromatic heterocycles. The largest absolute Gasteiger partial charge is 0.354 e. The van der Waals surface area contributed by atoms with Crippen LogP contribution < -0.4 is 5.32 Å². The van der Waals surface area contributed by atoms with Crippen molar-refractivity contribution < 1.29 is 18.0 Å². The molecule has 0 radical (unpaired) electrons. The molecule has 2 fully saturated rings. The Morgan fingerprint density at radius 1 is 1.21 bits per heavy atom. The minimum atomic E-state index is -3.77. The summed E-state index contributed by atoms with van der Waals surface area (Å²) in [6.45, 7) is 4.40.